The van der Waals surface area contributed by atoms with Crippen LogP contribution >= 0.6 is 11.3 Å². The van der Waals surface area contributed by atoms with Gasteiger partial charge in [-0.15, -0.1) is 0 Å². The van der Waals surface area contributed by atoms with E-state index in [1.165, 1.54) is 12.8 Å². The molecule has 1 saturated carbocycles. The van der Waals surface area contributed by atoms with Crippen LogP contribution in [0.4, 0.5) is 5.13 Å². The summed E-state index contributed by atoms with van der Waals surface area (Å²) in [5.41, 5.74) is 1.37. The molecule has 102 valence electrons. The van der Waals surface area contributed by atoms with Gasteiger partial charge in [-0.2, -0.15) is 0 Å². The van der Waals surface area contributed by atoms with Crippen molar-refractivity contribution in [3.63, 3.8) is 0 Å². The third-order valence-corrected chi connectivity index (χ3v) is 5.11. The molecule has 0 bridgehead atoms. The quantitative estimate of drug-likeness (QED) is 0.909. The number of anilines is 1. The largest absolute Gasteiger partial charge is 0.391 e. The molecule has 0 spiro atoms. The van der Waals surface area contributed by atoms with Crippen LogP contribution in [0.1, 0.15) is 57.0 Å². The Hall–Kier alpha value is -0.610. The molecule has 1 atom stereocenters. The van der Waals surface area contributed by atoms with Crippen molar-refractivity contribution >= 4 is 16.5 Å². The van der Waals surface area contributed by atoms with E-state index in [9.17, 15) is 5.11 Å². The molecule has 0 amide bonds. The van der Waals surface area contributed by atoms with Gasteiger partial charge in [-0.1, -0.05) is 32.1 Å². The van der Waals surface area contributed by atoms with Gasteiger partial charge >= 0.3 is 0 Å². The van der Waals surface area contributed by atoms with Gasteiger partial charge in [-0.05, 0) is 25.2 Å². The second kappa shape index (κ2) is 4.82. The first-order valence-corrected chi connectivity index (χ1v) is 7.49. The zero-order valence-corrected chi connectivity index (χ0v) is 12.8. The molecule has 1 unspecified atom stereocenters. The van der Waals surface area contributed by atoms with Crippen LogP contribution in [0, 0.1) is 5.41 Å². The number of aromatic nitrogens is 1. The maximum Gasteiger partial charge on any atom is 0.185 e. The number of aliphatic hydroxyl groups excluding tert-OH is 1. The summed E-state index contributed by atoms with van der Waals surface area (Å²) >= 11 is 1.65. The fraction of sp³-hybridized carbons (Fsp3) is 0.786. The van der Waals surface area contributed by atoms with E-state index in [-0.39, 0.29) is 12.0 Å². The average Bonchev–Trinajstić information content (AvgIpc) is 3.05. The molecule has 1 aromatic rings. The third-order valence-electron chi connectivity index (χ3n) is 3.96. The minimum Gasteiger partial charge on any atom is -0.391 e. The van der Waals surface area contributed by atoms with Gasteiger partial charge in [-0.25, -0.2) is 4.98 Å². The van der Waals surface area contributed by atoms with Gasteiger partial charge in [-0.3, -0.25) is 0 Å². The monoisotopic (exact) mass is 268 g/mol. The number of nitrogens with zero attached hydrogens (tertiary/aromatic N) is 2. The predicted octanol–water partition coefficient (Wildman–Crippen LogP) is 3.38. The lowest BCUT2D eigenvalue weighted by Crippen LogP contribution is -2.39. The van der Waals surface area contributed by atoms with E-state index in [0.717, 1.165) is 15.7 Å². The van der Waals surface area contributed by atoms with Gasteiger partial charge in [0.2, 0.25) is 0 Å². The molecule has 1 N–H and O–H groups in total. The molecule has 2 rings (SSSR count). The van der Waals surface area contributed by atoms with Crippen LogP contribution in [-0.2, 0) is 6.61 Å². The molecule has 0 saturated heterocycles. The molecule has 3 nitrogen and oxygen atoms in total. The topological polar surface area (TPSA) is 36.4 Å². The predicted molar refractivity (Wildman–Crippen MR) is 77.3 cm³/mol. The summed E-state index contributed by atoms with van der Waals surface area (Å²) in [4.78, 5) is 8.06. The Balaban J connectivity index is 2.22. The molecule has 0 aromatic carbocycles. The summed E-state index contributed by atoms with van der Waals surface area (Å²) in [5.74, 6) is 0.607. The molecule has 18 heavy (non-hydrogen) atoms. The summed E-state index contributed by atoms with van der Waals surface area (Å²) in [5, 5.41) is 10.5. The van der Waals surface area contributed by atoms with Crippen molar-refractivity contribution in [1.29, 1.82) is 0 Å². The van der Waals surface area contributed by atoms with Crippen molar-refractivity contribution in [2.75, 3.05) is 11.9 Å². The minimum absolute atomic E-state index is 0.126. The summed E-state index contributed by atoms with van der Waals surface area (Å²) < 4.78 is 0. The van der Waals surface area contributed by atoms with Crippen LogP contribution in [0.3, 0.4) is 0 Å². The zero-order chi connectivity index (χ0) is 13.5. The highest BCUT2D eigenvalue weighted by Gasteiger charge is 2.32. The van der Waals surface area contributed by atoms with E-state index >= 15 is 0 Å². The normalized spacial score (nSPS) is 17.9. The van der Waals surface area contributed by atoms with Crippen molar-refractivity contribution in [3.8, 4) is 0 Å². The molecule has 0 aliphatic heterocycles. The van der Waals surface area contributed by atoms with Crippen molar-refractivity contribution in [3.05, 3.63) is 10.6 Å². The van der Waals surface area contributed by atoms with Crippen molar-refractivity contribution < 1.29 is 5.11 Å². The van der Waals surface area contributed by atoms with Gasteiger partial charge in [0.15, 0.2) is 5.13 Å². The number of rotatable bonds is 4. The summed E-state index contributed by atoms with van der Waals surface area (Å²) in [7, 11) is 2.10. The van der Waals surface area contributed by atoms with E-state index < -0.39 is 0 Å². The molecule has 1 fully saturated rings. The number of thiazole rings is 1. The number of hydrogen-bond donors (Lipinski definition) is 1. The van der Waals surface area contributed by atoms with Crippen LogP contribution in [0.5, 0.6) is 0 Å². The highest BCUT2D eigenvalue weighted by Crippen LogP contribution is 2.44. The van der Waals surface area contributed by atoms with Crippen LogP contribution in [0.2, 0.25) is 0 Å². The van der Waals surface area contributed by atoms with Gasteiger partial charge in [0.25, 0.3) is 0 Å². The smallest absolute Gasteiger partial charge is 0.185 e. The highest BCUT2D eigenvalue weighted by atomic mass is 32.1. The zero-order valence-electron chi connectivity index (χ0n) is 12.0. The Labute approximate surface area is 114 Å². The maximum absolute atomic E-state index is 9.44. The Morgan fingerprint density at radius 2 is 2.06 bits per heavy atom. The Kier molecular flexibility index (Phi) is 3.70. The van der Waals surface area contributed by atoms with Crippen molar-refractivity contribution in [2.45, 2.75) is 59.1 Å². The van der Waals surface area contributed by atoms with E-state index in [4.69, 9.17) is 4.98 Å². The lowest BCUT2D eigenvalue weighted by Gasteiger charge is -2.35. The van der Waals surface area contributed by atoms with Crippen LogP contribution in [0.15, 0.2) is 0 Å². The Bertz CT molecular complexity index is 418. The first kappa shape index (κ1) is 13.8. The van der Waals surface area contributed by atoms with Crippen LogP contribution in [-0.4, -0.2) is 23.2 Å². The average molecular weight is 268 g/mol. The first-order chi connectivity index (χ1) is 8.34. The standard InChI is InChI=1S/C14H24N2OS/c1-9(14(2,3)4)16(5)13-15-12(10-6-7-10)11(8-17)18-13/h9-10,17H,6-8H2,1-5H3. The third kappa shape index (κ3) is 2.69. The molecule has 1 heterocycles. The van der Waals surface area contributed by atoms with E-state index in [1.807, 2.05) is 0 Å². The molecule has 4 heteroatoms. The Morgan fingerprint density at radius 3 is 2.50 bits per heavy atom. The summed E-state index contributed by atoms with van der Waals surface area (Å²) in [6, 6.07) is 0.419. The lowest BCUT2D eigenvalue weighted by atomic mass is 9.87. The van der Waals surface area contributed by atoms with E-state index in [1.54, 1.807) is 11.3 Å². The number of hydrogen-bond acceptors (Lipinski definition) is 4. The van der Waals surface area contributed by atoms with Gasteiger partial charge in [0.05, 0.1) is 17.2 Å². The maximum atomic E-state index is 9.44. The van der Waals surface area contributed by atoms with Crippen LogP contribution in [0.25, 0.3) is 0 Å². The van der Waals surface area contributed by atoms with Gasteiger partial charge in [0.1, 0.15) is 0 Å². The number of aliphatic hydroxyl groups is 1. The van der Waals surface area contributed by atoms with E-state index in [2.05, 4.69) is 39.6 Å². The molecule has 0 radical (unpaired) electrons. The van der Waals surface area contributed by atoms with Crippen LogP contribution < -0.4 is 4.90 Å². The molecular formula is C14H24N2OS. The first-order valence-electron chi connectivity index (χ1n) is 6.68. The highest BCUT2D eigenvalue weighted by molar-refractivity contribution is 7.15. The molecule has 1 aliphatic carbocycles. The lowest BCUT2D eigenvalue weighted by molar-refractivity contribution is 0.284. The van der Waals surface area contributed by atoms with Gasteiger partial charge in [0, 0.05) is 19.0 Å². The molecule has 1 aliphatic rings. The molecular weight excluding hydrogens is 244 g/mol. The Morgan fingerprint density at radius 1 is 1.44 bits per heavy atom. The van der Waals surface area contributed by atoms with Crippen molar-refractivity contribution in [2.24, 2.45) is 5.41 Å². The SMILES string of the molecule is CC(N(C)c1nc(C2CC2)c(CO)s1)C(C)(C)C. The fourth-order valence-electron chi connectivity index (χ4n) is 2.04. The van der Waals surface area contributed by atoms with Crippen molar-refractivity contribution in [1.82, 2.24) is 4.98 Å². The minimum atomic E-state index is 0.126. The summed E-state index contributed by atoms with van der Waals surface area (Å²) in [6.07, 6.45) is 2.46. The second-order valence-corrected chi connectivity index (χ2v) is 7.45. The second-order valence-electron chi connectivity index (χ2n) is 6.39. The summed E-state index contributed by atoms with van der Waals surface area (Å²) in [6.45, 7) is 9.10. The van der Waals surface area contributed by atoms with Gasteiger partial charge < -0.3 is 10.0 Å². The molecule has 1 aromatic heterocycles. The fourth-order valence-corrected chi connectivity index (χ4v) is 3.09. The van der Waals surface area contributed by atoms with E-state index in [0.29, 0.717) is 12.0 Å².